The van der Waals surface area contributed by atoms with E-state index in [1.807, 2.05) is 0 Å². The van der Waals surface area contributed by atoms with Crippen molar-refractivity contribution >= 4 is 5.78 Å². The summed E-state index contributed by atoms with van der Waals surface area (Å²) >= 11 is 0. The molecule has 1 heterocycles. The molecule has 0 saturated carbocycles. The summed E-state index contributed by atoms with van der Waals surface area (Å²) < 4.78 is 10.6. The number of hydrogen-bond donors (Lipinski definition) is 0. The van der Waals surface area contributed by atoms with Gasteiger partial charge < -0.3 is 14.6 Å². The summed E-state index contributed by atoms with van der Waals surface area (Å²) in [4.78, 5) is 11.3. The zero-order valence-corrected chi connectivity index (χ0v) is 10.9. The van der Waals surface area contributed by atoms with Crippen molar-refractivity contribution in [3.63, 3.8) is 0 Å². The van der Waals surface area contributed by atoms with E-state index >= 15 is 0 Å². The molecule has 5 heteroatoms. The Labute approximate surface area is 115 Å². The van der Waals surface area contributed by atoms with Gasteiger partial charge in [-0.05, 0) is 24.3 Å². The molecule has 0 spiro atoms. The Morgan fingerprint density at radius 1 is 1.25 bits per heavy atom. The summed E-state index contributed by atoms with van der Waals surface area (Å²) in [6.45, 7) is 0.989. The third-order valence-electron chi connectivity index (χ3n) is 2.05. The van der Waals surface area contributed by atoms with Crippen LogP contribution in [0.4, 0.5) is 0 Å². The van der Waals surface area contributed by atoms with Gasteiger partial charge >= 0.3 is 29.6 Å². The number of hydrogen-bond acceptors (Lipinski definition) is 4. The molecule has 0 aromatic heterocycles. The summed E-state index contributed by atoms with van der Waals surface area (Å²) in [5.41, 5.74) is 0.423. The molecule has 1 aromatic carbocycles. The van der Waals surface area contributed by atoms with Crippen LogP contribution >= 0.6 is 0 Å². The van der Waals surface area contributed by atoms with Crippen molar-refractivity contribution in [3.05, 3.63) is 36.1 Å². The average Bonchev–Trinajstić information content (AvgIpc) is 2.29. The van der Waals surface area contributed by atoms with E-state index in [0.717, 1.165) is 6.08 Å². The number of benzene rings is 1. The van der Waals surface area contributed by atoms with Gasteiger partial charge in [-0.3, -0.25) is 4.79 Å². The predicted molar refractivity (Wildman–Crippen MR) is 50.9 cm³/mol. The van der Waals surface area contributed by atoms with Crippen LogP contribution in [0.1, 0.15) is 10.4 Å². The Kier molecular flexibility index (Phi) is 4.86. The molecule has 0 unspecified atom stereocenters. The monoisotopic (exact) mass is 228 g/mol. The van der Waals surface area contributed by atoms with E-state index < -0.39 is 0 Å². The first kappa shape index (κ1) is 13.1. The second kappa shape index (κ2) is 5.94. The topological polar surface area (TPSA) is 58.6 Å². The van der Waals surface area contributed by atoms with Crippen LogP contribution < -0.4 is 44.1 Å². The van der Waals surface area contributed by atoms with Gasteiger partial charge in [0.05, 0.1) is 0 Å². The normalized spacial score (nSPS) is 13.2. The molecule has 78 valence electrons. The molecule has 1 aliphatic heterocycles. The summed E-state index contributed by atoms with van der Waals surface area (Å²) in [6, 6.07) is 4.85. The molecule has 4 nitrogen and oxygen atoms in total. The molecule has 0 amide bonds. The molecule has 1 aliphatic rings. The third kappa shape index (κ3) is 2.78. The Balaban J connectivity index is 0.00000128. The van der Waals surface area contributed by atoms with Crippen molar-refractivity contribution in [1.29, 1.82) is 0 Å². The maximum Gasteiger partial charge on any atom is 1.00 e. The van der Waals surface area contributed by atoms with E-state index in [9.17, 15) is 9.90 Å². The quantitative estimate of drug-likeness (QED) is 0.243. The Hall–Kier alpha value is -0.970. The van der Waals surface area contributed by atoms with Gasteiger partial charge in [0.2, 0.25) is 0 Å². The average molecular weight is 228 g/mol. The molecule has 0 atom stereocenters. The Bertz CT molecular complexity index is 414. The first-order valence-electron chi connectivity index (χ1n) is 4.54. The predicted octanol–water partition coefficient (Wildman–Crippen LogP) is -2.48. The minimum absolute atomic E-state index is 0. The van der Waals surface area contributed by atoms with Crippen LogP contribution in [0.25, 0.3) is 0 Å². The van der Waals surface area contributed by atoms with E-state index in [-0.39, 0.29) is 35.3 Å². The van der Waals surface area contributed by atoms with E-state index in [0.29, 0.717) is 36.5 Å². The minimum Gasteiger partial charge on any atom is -0.878 e. The number of ketones is 1. The van der Waals surface area contributed by atoms with Crippen LogP contribution in [0.3, 0.4) is 0 Å². The standard InChI is InChI=1S/C11H10O4.Na/c12-4-3-9(13)8-1-2-10-11(7-8)15-6-5-14-10;/h1-4,7,12H,5-6H2;/q;+1/p-1. The van der Waals surface area contributed by atoms with E-state index in [4.69, 9.17) is 9.47 Å². The second-order valence-corrected chi connectivity index (χ2v) is 3.03. The first-order chi connectivity index (χ1) is 7.31. The van der Waals surface area contributed by atoms with Crippen LogP contribution in [0.5, 0.6) is 11.5 Å². The summed E-state index contributed by atoms with van der Waals surface area (Å²) in [6.07, 6.45) is 1.45. The van der Waals surface area contributed by atoms with Gasteiger partial charge in [-0.1, -0.05) is 0 Å². The van der Waals surface area contributed by atoms with Crippen molar-refractivity contribution < 1.29 is 48.9 Å². The van der Waals surface area contributed by atoms with Gasteiger partial charge in [0.25, 0.3) is 0 Å². The number of carbonyl (C=O) groups excluding carboxylic acids is 1. The van der Waals surface area contributed by atoms with Crippen LogP contribution in [0.2, 0.25) is 0 Å². The number of ether oxygens (including phenoxy) is 2. The van der Waals surface area contributed by atoms with E-state index in [1.54, 1.807) is 18.2 Å². The van der Waals surface area contributed by atoms with Crippen molar-refractivity contribution in [2.45, 2.75) is 0 Å². The molecule has 0 fully saturated rings. The molecule has 0 bridgehead atoms. The van der Waals surface area contributed by atoms with Gasteiger partial charge in [0.15, 0.2) is 17.3 Å². The van der Waals surface area contributed by atoms with Crippen molar-refractivity contribution in [1.82, 2.24) is 0 Å². The molecular weight excluding hydrogens is 219 g/mol. The molecule has 0 saturated heterocycles. The molecule has 2 rings (SSSR count). The van der Waals surface area contributed by atoms with Crippen LogP contribution in [-0.2, 0) is 0 Å². The minimum atomic E-state index is -0.332. The molecular formula is C11H9NaO4. The van der Waals surface area contributed by atoms with Gasteiger partial charge in [-0.15, -0.1) is 6.26 Å². The van der Waals surface area contributed by atoms with Gasteiger partial charge in [-0.2, -0.15) is 0 Å². The number of fused-ring (bicyclic) bond motifs is 1. The zero-order valence-electron chi connectivity index (χ0n) is 8.93. The number of rotatable bonds is 2. The largest absolute Gasteiger partial charge is 1.00 e. The number of allylic oxidation sites excluding steroid dienone is 1. The smallest absolute Gasteiger partial charge is 0.878 e. The fourth-order valence-corrected chi connectivity index (χ4v) is 1.35. The Morgan fingerprint density at radius 2 is 1.94 bits per heavy atom. The molecule has 1 aromatic rings. The SMILES string of the molecule is O=C(C=C[O-])c1ccc2c(c1)OCCO2.[Na+]. The molecule has 0 N–H and O–H groups in total. The van der Waals surface area contributed by atoms with Crippen molar-refractivity contribution in [3.8, 4) is 11.5 Å². The first-order valence-corrected chi connectivity index (χ1v) is 4.54. The van der Waals surface area contributed by atoms with Crippen molar-refractivity contribution in [2.24, 2.45) is 0 Å². The summed E-state index contributed by atoms with van der Waals surface area (Å²) in [5, 5.41) is 10.1. The van der Waals surface area contributed by atoms with E-state index in [2.05, 4.69) is 0 Å². The molecule has 16 heavy (non-hydrogen) atoms. The Morgan fingerprint density at radius 3 is 2.62 bits per heavy atom. The van der Waals surface area contributed by atoms with Crippen LogP contribution in [0.15, 0.2) is 30.5 Å². The number of carbonyl (C=O) groups is 1. The fraction of sp³-hybridized carbons (Fsp3) is 0.182. The zero-order chi connectivity index (χ0) is 10.7. The molecule has 0 aliphatic carbocycles. The maximum atomic E-state index is 11.3. The van der Waals surface area contributed by atoms with Gasteiger partial charge in [-0.25, -0.2) is 0 Å². The van der Waals surface area contributed by atoms with Gasteiger partial charge in [0.1, 0.15) is 13.2 Å². The van der Waals surface area contributed by atoms with E-state index in [1.165, 1.54) is 0 Å². The summed E-state index contributed by atoms with van der Waals surface area (Å²) in [5.74, 6) is 0.845. The molecule has 0 radical (unpaired) electrons. The summed E-state index contributed by atoms with van der Waals surface area (Å²) in [7, 11) is 0. The van der Waals surface area contributed by atoms with Gasteiger partial charge in [0, 0.05) is 5.56 Å². The maximum absolute atomic E-state index is 11.3. The fourth-order valence-electron chi connectivity index (χ4n) is 1.35. The van der Waals surface area contributed by atoms with Crippen LogP contribution in [-0.4, -0.2) is 19.0 Å². The van der Waals surface area contributed by atoms with Crippen molar-refractivity contribution in [2.75, 3.05) is 13.2 Å². The second-order valence-electron chi connectivity index (χ2n) is 3.03. The third-order valence-corrected chi connectivity index (χ3v) is 2.05. The van der Waals surface area contributed by atoms with Crippen LogP contribution in [0, 0.1) is 0 Å².